The first-order chi connectivity index (χ1) is 8.16. The number of rotatable bonds is 5. The van der Waals surface area contributed by atoms with Gasteiger partial charge in [-0.15, -0.1) is 0 Å². The zero-order valence-electron chi connectivity index (χ0n) is 11.4. The lowest BCUT2D eigenvalue weighted by Gasteiger charge is -2.35. The minimum atomic E-state index is 0.180. The summed E-state index contributed by atoms with van der Waals surface area (Å²) in [4.78, 5) is 16.2. The van der Waals surface area contributed by atoms with Crippen LogP contribution < -0.4 is 0 Å². The molecule has 1 saturated heterocycles. The molecule has 100 valence electrons. The predicted octanol–water partition coefficient (Wildman–Crippen LogP) is 2.34. The van der Waals surface area contributed by atoms with E-state index in [0.29, 0.717) is 13.2 Å². The second kappa shape index (κ2) is 7.54. The maximum atomic E-state index is 12.3. The monoisotopic (exact) mass is 242 g/mol. The normalized spacial score (nSPS) is 16.4. The van der Waals surface area contributed by atoms with Crippen LogP contribution in [0.15, 0.2) is 0 Å². The minimum Gasteiger partial charge on any atom is -0.378 e. The van der Waals surface area contributed by atoms with E-state index in [4.69, 9.17) is 4.74 Å². The van der Waals surface area contributed by atoms with Crippen LogP contribution in [0.25, 0.3) is 0 Å². The van der Waals surface area contributed by atoms with E-state index >= 15 is 0 Å². The van der Waals surface area contributed by atoms with Crippen LogP contribution in [-0.4, -0.2) is 54.7 Å². The average molecular weight is 242 g/mol. The van der Waals surface area contributed by atoms with E-state index in [1.807, 2.05) is 9.80 Å². The molecule has 1 heterocycles. The second-order valence-electron chi connectivity index (χ2n) is 4.88. The molecule has 1 aliphatic rings. The fourth-order valence-corrected chi connectivity index (χ4v) is 2.04. The van der Waals surface area contributed by atoms with Gasteiger partial charge in [-0.1, -0.05) is 19.8 Å². The summed E-state index contributed by atoms with van der Waals surface area (Å²) in [6, 6.07) is 0.460. The standard InChI is InChI=1S/C13H26N2O2/c1-4-5-6-7-15(12(2)3)13(16)14-8-10-17-11-9-14/h12H,4-11H2,1-3H3. The Morgan fingerprint density at radius 2 is 1.94 bits per heavy atom. The molecule has 1 rings (SSSR count). The predicted molar refractivity (Wildman–Crippen MR) is 69.2 cm³/mol. The molecule has 0 atom stereocenters. The molecular weight excluding hydrogens is 216 g/mol. The molecule has 0 unspecified atom stereocenters. The molecule has 0 aromatic carbocycles. The quantitative estimate of drug-likeness (QED) is 0.693. The van der Waals surface area contributed by atoms with Crippen LogP contribution in [0.1, 0.15) is 40.0 Å². The lowest BCUT2D eigenvalue weighted by molar-refractivity contribution is 0.0404. The fraction of sp³-hybridized carbons (Fsp3) is 0.923. The van der Waals surface area contributed by atoms with Gasteiger partial charge in [0.05, 0.1) is 13.2 Å². The summed E-state index contributed by atoms with van der Waals surface area (Å²) in [5, 5.41) is 0. The molecule has 0 bridgehead atoms. The minimum absolute atomic E-state index is 0.180. The lowest BCUT2D eigenvalue weighted by atomic mass is 10.2. The number of carbonyl (C=O) groups excluding carboxylic acids is 1. The highest BCUT2D eigenvalue weighted by molar-refractivity contribution is 5.74. The van der Waals surface area contributed by atoms with Gasteiger partial charge in [-0.3, -0.25) is 0 Å². The molecule has 0 radical (unpaired) electrons. The maximum absolute atomic E-state index is 12.3. The third-order valence-corrected chi connectivity index (χ3v) is 3.15. The molecule has 0 aromatic rings. The molecule has 1 fully saturated rings. The number of nitrogens with zero attached hydrogens (tertiary/aromatic N) is 2. The van der Waals surface area contributed by atoms with Crippen molar-refractivity contribution in [3.05, 3.63) is 0 Å². The highest BCUT2D eigenvalue weighted by atomic mass is 16.5. The number of urea groups is 1. The Balaban J connectivity index is 2.46. The van der Waals surface area contributed by atoms with Crippen molar-refractivity contribution in [3.63, 3.8) is 0 Å². The molecule has 1 aliphatic heterocycles. The van der Waals surface area contributed by atoms with Crippen LogP contribution in [0.5, 0.6) is 0 Å². The molecule has 0 spiro atoms. The summed E-state index contributed by atoms with van der Waals surface area (Å²) in [6.07, 6.45) is 3.49. The summed E-state index contributed by atoms with van der Waals surface area (Å²) < 4.78 is 5.28. The van der Waals surface area contributed by atoms with Gasteiger partial charge >= 0.3 is 6.03 Å². The third-order valence-electron chi connectivity index (χ3n) is 3.15. The second-order valence-corrected chi connectivity index (χ2v) is 4.88. The van der Waals surface area contributed by atoms with Crippen molar-refractivity contribution in [3.8, 4) is 0 Å². The molecule has 4 nitrogen and oxygen atoms in total. The van der Waals surface area contributed by atoms with Crippen LogP contribution in [0.3, 0.4) is 0 Å². The zero-order valence-corrected chi connectivity index (χ0v) is 11.4. The van der Waals surface area contributed by atoms with Crippen LogP contribution in [0.2, 0.25) is 0 Å². The number of unbranched alkanes of at least 4 members (excludes halogenated alkanes) is 2. The van der Waals surface area contributed by atoms with Crippen LogP contribution >= 0.6 is 0 Å². The van der Waals surface area contributed by atoms with E-state index in [9.17, 15) is 4.79 Å². The van der Waals surface area contributed by atoms with Gasteiger partial charge in [0.2, 0.25) is 0 Å². The van der Waals surface area contributed by atoms with E-state index in [1.54, 1.807) is 0 Å². The topological polar surface area (TPSA) is 32.8 Å². The van der Waals surface area contributed by atoms with Crippen LogP contribution in [-0.2, 0) is 4.74 Å². The molecular formula is C13H26N2O2. The first-order valence-electron chi connectivity index (χ1n) is 6.80. The SMILES string of the molecule is CCCCCN(C(=O)N1CCOCC1)C(C)C. The Hall–Kier alpha value is -0.770. The van der Waals surface area contributed by atoms with Crippen molar-refractivity contribution in [2.75, 3.05) is 32.8 Å². The number of morpholine rings is 1. The van der Waals surface area contributed by atoms with Crippen molar-refractivity contribution in [2.45, 2.75) is 46.1 Å². The first-order valence-corrected chi connectivity index (χ1v) is 6.80. The molecule has 17 heavy (non-hydrogen) atoms. The Kier molecular flexibility index (Phi) is 6.34. The number of hydrogen-bond donors (Lipinski definition) is 0. The van der Waals surface area contributed by atoms with E-state index in [0.717, 1.165) is 26.1 Å². The van der Waals surface area contributed by atoms with Gasteiger partial charge in [0.1, 0.15) is 0 Å². The first kappa shape index (κ1) is 14.3. The molecule has 0 aromatic heterocycles. The Morgan fingerprint density at radius 3 is 2.47 bits per heavy atom. The highest BCUT2D eigenvalue weighted by Crippen LogP contribution is 2.09. The van der Waals surface area contributed by atoms with Crippen molar-refractivity contribution in [2.24, 2.45) is 0 Å². The smallest absolute Gasteiger partial charge is 0.320 e. The number of amides is 2. The largest absolute Gasteiger partial charge is 0.378 e. The Bertz CT molecular complexity index is 225. The molecule has 2 amide bonds. The Labute approximate surface area is 105 Å². The van der Waals surface area contributed by atoms with E-state index in [1.165, 1.54) is 12.8 Å². The maximum Gasteiger partial charge on any atom is 0.320 e. The van der Waals surface area contributed by atoms with Gasteiger partial charge in [0, 0.05) is 25.7 Å². The molecule has 0 aliphatic carbocycles. The molecule has 0 saturated carbocycles. The Morgan fingerprint density at radius 1 is 1.29 bits per heavy atom. The number of carbonyl (C=O) groups is 1. The third kappa shape index (κ3) is 4.54. The van der Waals surface area contributed by atoms with Crippen LogP contribution in [0.4, 0.5) is 4.79 Å². The lowest BCUT2D eigenvalue weighted by Crippen LogP contribution is -2.50. The van der Waals surface area contributed by atoms with Crippen molar-refractivity contribution in [1.29, 1.82) is 0 Å². The van der Waals surface area contributed by atoms with Crippen molar-refractivity contribution < 1.29 is 9.53 Å². The van der Waals surface area contributed by atoms with Gasteiger partial charge in [-0.25, -0.2) is 4.79 Å². The van der Waals surface area contributed by atoms with Gasteiger partial charge in [-0.05, 0) is 20.3 Å². The van der Waals surface area contributed by atoms with Gasteiger partial charge < -0.3 is 14.5 Å². The van der Waals surface area contributed by atoms with Crippen LogP contribution in [0, 0.1) is 0 Å². The summed E-state index contributed by atoms with van der Waals surface area (Å²) >= 11 is 0. The average Bonchev–Trinajstić information content (AvgIpc) is 2.34. The molecule has 4 heteroatoms. The summed E-state index contributed by atoms with van der Waals surface area (Å²) in [5.41, 5.74) is 0. The number of ether oxygens (including phenoxy) is 1. The van der Waals surface area contributed by atoms with Gasteiger partial charge in [0.15, 0.2) is 0 Å². The number of hydrogen-bond acceptors (Lipinski definition) is 2. The van der Waals surface area contributed by atoms with E-state index in [-0.39, 0.29) is 12.1 Å². The van der Waals surface area contributed by atoms with Crippen molar-refractivity contribution in [1.82, 2.24) is 9.80 Å². The summed E-state index contributed by atoms with van der Waals surface area (Å²) in [5.74, 6) is 0. The van der Waals surface area contributed by atoms with E-state index < -0.39 is 0 Å². The zero-order chi connectivity index (χ0) is 12.7. The summed E-state index contributed by atoms with van der Waals surface area (Å²) in [6.45, 7) is 10.0. The summed E-state index contributed by atoms with van der Waals surface area (Å²) in [7, 11) is 0. The van der Waals surface area contributed by atoms with Gasteiger partial charge in [0.25, 0.3) is 0 Å². The van der Waals surface area contributed by atoms with Crippen molar-refractivity contribution >= 4 is 6.03 Å². The van der Waals surface area contributed by atoms with Gasteiger partial charge in [-0.2, -0.15) is 0 Å². The van der Waals surface area contributed by atoms with E-state index in [2.05, 4.69) is 20.8 Å². The molecule has 0 N–H and O–H groups in total. The fourth-order valence-electron chi connectivity index (χ4n) is 2.04. The highest BCUT2D eigenvalue weighted by Gasteiger charge is 2.24.